The summed E-state index contributed by atoms with van der Waals surface area (Å²) < 4.78 is 2.94. The van der Waals surface area contributed by atoms with Gasteiger partial charge in [-0.25, -0.2) is 4.98 Å². The van der Waals surface area contributed by atoms with Gasteiger partial charge in [-0.3, -0.25) is 18.8 Å². The Balaban J connectivity index is 1.48. The smallest absolute Gasteiger partial charge is 0.264 e. The summed E-state index contributed by atoms with van der Waals surface area (Å²) in [6, 6.07) is 16.5. The van der Waals surface area contributed by atoms with Crippen LogP contribution in [0.3, 0.4) is 0 Å². The molecule has 162 valence electrons. The minimum Gasteiger partial charge on any atom is -0.330 e. The van der Waals surface area contributed by atoms with Crippen LogP contribution in [0.25, 0.3) is 11.0 Å². The SMILES string of the molecule is Cc1ccc(CN(C(=O)Cn2cnc3c(cnn3C)c2=O)C2CCc3ccccc32)cc1. The van der Waals surface area contributed by atoms with Crippen molar-refractivity contribution in [1.29, 1.82) is 0 Å². The standard InChI is InChI=1S/C25H25N5O2/c1-17-7-9-18(10-8-17)14-30(22-12-11-19-5-3-4-6-20(19)22)23(31)15-29-16-26-24-21(25(29)32)13-27-28(24)2/h3-10,13,16,22H,11-12,14-15H2,1-2H3. The summed E-state index contributed by atoms with van der Waals surface area (Å²) in [4.78, 5) is 32.8. The lowest BCUT2D eigenvalue weighted by atomic mass is 10.1. The molecule has 7 heteroatoms. The van der Waals surface area contributed by atoms with Gasteiger partial charge >= 0.3 is 0 Å². The molecule has 0 spiro atoms. The molecule has 7 nitrogen and oxygen atoms in total. The number of fused-ring (bicyclic) bond motifs is 2. The van der Waals surface area contributed by atoms with Crippen LogP contribution in [0, 0.1) is 6.92 Å². The Labute approximate surface area is 185 Å². The van der Waals surface area contributed by atoms with Crippen LogP contribution < -0.4 is 5.56 Å². The molecule has 1 amide bonds. The van der Waals surface area contributed by atoms with E-state index in [1.807, 2.05) is 24.0 Å². The van der Waals surface area contributed by atoms with Crippen molar-refractivity contribution < 1.29 is 4.79 Å². The van der Waals surface area contributed by atoms with Gasteiger partial charge in [-0.1, -0.05) is 54.1 Å². The fraction of sp³-hybridized carbons (Fsp3) is 0.280. The van der Waals surface area contributed by atoms with E-state index in [9.17, 15) is 9.59 Å². The summed E-state index contributed by atoms with van der Waals surface area (Å²) in [6.45, 7) is 2.49. The first-order chi connectivity index (χ1) is 15.5. The van der Waals surface area contributed by atoms with Crippen molar-refractivity contribution in [3.8, 4) is 0 Å². The quantitative estimate of drug-likeness (QED) is 0.490. The van der Waals surface area contributed by atoms with Crippen molar-refractivity contribution in [2.75, 3.05) is 0 Å². The highest BCUT2D eigenvalue weighted by atomic mass is 16.2. The van der Waals surface area contributed by atoms with Gasteiger partial charge in [0.05, 0.1) is 12.2 Å². The van der Waals surface area contributed by atoms with Gasteiger partial charge < -0.3 is 4.90 Å². The van der Waals surface area contributed by atoms with Gasteiger partial charge in [-0.2, -0.15) is 5.10 Å². The molecule has 0 fully saturated rings. The number of hydrogen-bond acceptors (Lipinski definition) is 4. The minimum atomic E-state index is -0.251. The lowest BCUT2D eigenvalue weighted by Gasteiger charge is -2.30. The summed E-state index contributed by atoms with van der Waals surface area (Å²) in [5.41, 5.74) is 5.00. The third kappa shape index (κ3) is 3.60. The van der Waals surface area contributed by atoms with E-state index < -0.39 is 0 Å². The van der Waals surface area contributed by atoms with E-state index in [0.717, 1.165) is 18.4 Å². The molecule has 4 aromatic rings. The van der Waals surface area contributed by atoms with Crippen molar-refractivity contribution in [3.63, 3.8) is 0 Å². The predicted molar refractivity (Wildman–Crippen MR) is 122 cm³/mol. The highest BCUT2D eigenvalue weighted by Crippen LogP contribution is 2.36. The topological polar surface area (TPSA) is 73.0 Å². The van der Waals surface area contributed by atoms with E-state index in [4.69, 9.17) is 0 Å². The van der Waals surface area contributed by atoms with Crippen molar-refractivity contribution in [1.82, 2.24) is 24.2 Å². The molecule has 0 N–H and O–H groups in total. The van der Waals surface area contributed by atoms with Gasteiger partial charge in [0, 0.05) is 13.6 Å². The zero-order chi connectivity index (χ0) is 22.2. The number of hydrogen-bond donors (Lipinski definition) is 0. The third-order valence-electron chi connectivity index (χ3n) is 6.30. The molecule has 1 unspecified atom stereocenters. The summed E-state index contributed by atoms with van der Waals surface area (Å²) in [7, 11) is 1.74. The second-order valence-electron chi connectivity index (χ2n) is 8.44. The number of carbonyl (C=O) groups is 1. The number of nitrogens with zero attached hydrogens (tertiary/aromatic N) is 5. The number of aryl methyl sites for hydroxylation is 3. The maximum atomic E-state index is 13.6. The van der Waals surface area contributed by atoms with Gasteiger partial charge in [0.1, 0.15) is 18.3 Å². The average molecular weight is 428 g/mol. The summed E-state index contributed by atoms with van der Waals surface area (Å²) >= 11 is 0. The Morgan fingerprint density at radius 1 is 1.16 bits per heavy atom. The number of aromatic nitrogens is 4. The summed E-state index contributed by atoms with van der Waals surface area (Å²) in [5, 5.41) is 4.52. The molecular weight excluding hydrogens is 402 g/mol. The average Bonchev–Trinajstić information content (AvgIpc) is 3.39. The van der Waals surface area contributed by atoms with Crippen LogP contribution in [0.4, 0.5) is 0 Å². The van der Waals surface area contributed by atoms with Crippen molar-refractivity contribution in [2.24, 2.45) is 7.05 Å². The molecule has 0 bridgehead atoms. The van der Waals surface area contributed by atoms with Crippen LogP contribution in [0.5, 0.6) is 0 Å². The zero-order valence-corrected chi connectivity index (χ0v) is 18.2. The Bertz CT molecular complexity index is 1350. The number of rotatable bonds is 5. The van der Waals surface area contributed by atoms with Crippen molar-refractivity contribution >= 4 is 16.9 Å². The van der Waals surface area contributed by atoms with E-state index in [1.54, 1.807) is 11.7 Å². The monoisotopic (exact) mass is 427 g/mol. The van der Waals surface area contributed by atoms with Crippen LogP contribution in [-0.4, -0.2) is 30.1 Å². The predicted octanol–water partition coefficient (Wildman–Crippen LogP) is 3.15. The van der Waals surface area contributed by atoms with E-state index in [1.165, 1.54) is 33.8 Å². The molecule has 5 rings (SSSR count). The third-order valence-corrected chi connectivity index (χ3v) is 6.30. The molecule has 1 aliphatic carbocycles. The van der Waals surface area contributed by atoms with E-state index in [0.29, 0.717) is 17.6 Å². The normalized spacial score (nSPS) is 15.1. The van der Waals surface area contributed by atoms with E-state index in [-0.39, 0.29) is 24.1 Å². The van der Waals surface area contributed by atoms with Gasteiger partial charge in [0.2, 0.25) is 5.91 Å². The molecule has 0 radical (unpaired) electrons. The Morgan fingerprint density at radius 3 is 2.75 bits per heavy atom. The van der Waals surface area contributed by atoms with Gasteiger partial charge in [-0.05, 0) is 36.5 Å². The van der Waals surface area contributed by atoms with Crippen LogP contribution in [0.2, 0.25) is 0 Å². The molecule has 1 aliphatic rings. The maximum absolute atomic E-state index is 13.6. The largest absolute Gasteiger partial charge is 0.330 e. The van der Waals surface area contributed by atoms with Crippen LogP contribution in [0.1, 0.15) is 34.7 Å². The van der Waals surface area contributed by atoms with Gasteiger partial charge in [0.15, 0.2) is 5.65 Å². The highest BCUT2D eigenvalue weighted by molar-refractivity contribution is 5.78. The molecule has 2 heterocycles. The van der Waals surface area contributed by atoms with Gasteiger partial charge in [-0.15, -0.1) is 0 Å². The Hall–Kier alpha value is -3.74. The minimum absolute atomic E-state index is 0.00853. The van der Waals surface area contributed by atoms with E-state index >= 15 is 0 Å². The summed E-state index contributed by atoms with van der Waals surface area (Å²) in [6.07, 6.45) is 4.77. The summed E-state index contributed by atoms with van der Waals surface area (Å²) in [5.74, 6) is -0.0978. The maximum Gasteiger partial charge on any atom is 0.264 e. The lowest BCUT2D eigenvalue weighted by molar-refractivity contribution is -0.135. The molecular formula is C25H25N5O2. The fourth-order valence-electron chi connectivity index (χ4n) is 4.54. The fourth-order valence-corrected chi connectivity index (χ4v) is 4.54. The van der Waals surface area contributed by atoms with E-state index in [2.05, 4.69) is 46.5 Å². The van der Waals surface area contributed by atoms with Crippen LogP contribution in [-0.2, 0) is 31.4 Å². The molecule has 2 aromatic carbocycles. The lowest BCUT2D eigenvalue weighted by Crippen LogP contribution is -2.38. The Kier molecular flexibility index (Phi) is 5.09. The first-order valence-corrected chi connectivity index (χ1v) is 10.8. The Morgan fingerprint density at radius 2 is 1.94 bits per heavy atom. The number of carbonyl (C=O) groups excluding carboxylic acids is 1. The molecule has 2 aromatic heterocycles. The molecule has 0 saturated carbocycles. The first-order valence-electron chi connectivity index (χ1n) is 10.8. The molecule has 0 aliphatic heterocycles. The van der Waals surface area contributed by atoms with Crippen LogP contribution in [0.15, 0.2) is 65.8 Å². The highest BCUT2D eigenvalue weighted by Gasteiger charge is 2.31. The van der Waals surface area contributed by atoms with Crippen molar-refractivity contribution in [2.45, 2.75) is 38.9 Å². The number of amides is 1. The molecule has 0 saturated heterocycles. The van der Waals surface area contributed by atoms with Crippen LogP contribution >= 0.6 is 0 Å². The molecule has 1 atom stereocenters. The second-order valence-corrected chi connectivity index (χ2v) is 8.44. The van der Waals surface area contributed by atoms with Crippen molar-refractivity contribution in [3.05, 3.63) is 93.7 Å². The number of benzene rings is 2. The first kappa shape index (κ1) is 20.2. The second kappa shape index (κ2) is 8.07. The van der Waals surface area contributed by atoms with Gasteiger partial charge in [0.25, 0.3) is 5.56 Å². The zero-order valence-electron chi connectivity index (χ0n) is 18.2. The molecule has 32 heavy (non-hydrogen) atoms.